The normalized spacial score (nSPS) is 10.9. The summed E-state index contributed by atoms with van der Waals surface area (Å²) in [5.74, 6) is -1.32. The Bertz CT molecular complexity index is 231. The molecule has 15 heavy (non-hydrogen) atoms. The van der Waals surface area contributed by atoms with Gasteiger partial charge in [-0.3, -0.25) is 20.2 Å². The van der Waals surface area contributed by atoms with Crippen LogP contribution in [0.5, 0.6) is 0 Å². The number of rotatable bonds is 6. The van der Waals surface area contributed by atoms with Crippen molar-refractivity contribution in [3.05, 3.63) is 0 Å². The zero-order valence-electron chi connectivity index (χ0n) is 8.63. The first-order valence-electron chi connectivity index (χ1n) is 4.27. The predicted molar refractivity (Wildman–Crippen MR) is 51.1 cm³/mol. The largest absolute Gasteiger partial charge is 0.343 e. The molecule has 0 aliphatic heterocycles. The Morgan fingerprint density at radius 1 is 1.20 bits per heavy atom. The number of nitrogens with one attached hydrogen (secondary N) is 4. The molecule has 0 bridgehead atoms. The fourth-order valence-electron chi connectivity index (χ4n) is 0.696. The standard InChI is InChI=1S/C7H16N4O4/c1-8-4-10-5(12)3-6(13)11-7(14,15)9-2/h8-9,14-15H,3-4H2,1-2H3,(H,10,12)(H,11,13). The summed E-state index contributed by atoms with van der Waals surface area (Å²) in [6.07, 6.45) is -0.480. The van der Waals surface area contributed by atoms with Crippen molar-refractivity contribution in [2.45, 2.75) is 12.5 Å². The summed E-state index contributed by atoms with van der Waals surface area (Å²) in [5, 5.41) is 26.7. The first-order chi connectivity index (χ1) is 6.91. The fourth-order valence-corrected chi connectivity index (χ4v) is 0.696. The van der Waals surface area contributed by atoms with Gasteiger partial charge in [-0.2, -0.15) is 0 Å². The Labute approximate surface area is 87.0 Å². The molecule has 6 N–H and O–H groups in total. The van der Waals surface area contributed by atoms with E-state index in [4.69, 9.17) is 10.2 Å². The molecule has 0 aromatic heterocycles. The van der Waals surface area contributed by atoms with Gasteiger partial charge < -0.3 is 20.8 Å². The second-order valence-electron chi connectivity index (χ2n) is 2.78. The van der Waals surface area contributed by atoms with Gasteiger partial charge in [0.15, 0.2) is 0 Å². The van der Waals surface area contributed by atoms with E-state index in [2.05, 4.69) is 10.6 Å². The van der Waals surface area contributed by atoms with Gasteiger partial charge in [-0.15, -0.1) is 0 Å². The molecule has 88 valence electrons. The van der Waals surface area contributed by atoms with E-state index in [0.29, 0.717) is 0 Å². The van der Waals surface area contributed by atoms with Gasteiger partial charge in [0.2, 0.25) is 11.8 Å². The number of hydrogen-bond acceptors (Lipinski definition) is 6. The maximum Gasteiger partial charge on any atom is 0.311 e. The molecule has 0 heterocycles. The van der Waals surface area contributed by atoms with Crippen LogP contribution in [-0.4, -0.2) is 48.8 Å². The van der Waals surface area contributed by atoms with Gasteiger partial charge in [-0.1, -0.05) is 0 Å². The van der Waals surface area contributed by atoms with Crippen molar-refractivity contribution in [3.63, 3.8) is 0 Å². The van der Waals surface area contributed by atoms with Crippen LogP contribution in [0.25, 0.3) is 0 Å². The maximum atomic E-state index is 11.0. The molecule has 0 saturated heterocycles. The summed E-state index contributed by atoms with van der Waals surface area (Å²) in [4.78, 5) is 22.0. The van der Waals surface area contributed by atoms with Crippen molar-refractivity contribution in [3.8, 4) is 0 Å². The highest BCUT2D eigenvalue weighted by atomic mass is 16.5. The first-order valence-corrected chi connectivity index (χ1v) is 4.27. The average Bonchev–Trinajstić information content (AvgIpc) is 2.13. The predicted octanol–water partition coefficient (Wildman–Crippen LogP) is -3.40. The highest BCUT2D eigenvalue weighted by Gasteiger charge is 2.23. The SMILES string of the molecule is CNCNC(=O)CC(=O)NC(O)(O)NC. The van der Waals surface area contributed by atoms with E-state index in [0.717, 1.165) is 0 Å². The minimum atomic E-state index is -2.50. The molecule has 0 aliphatic carbocycles. The van der Waals surface area contributed by atoms with E-state index < -0.39 is 24.3 Å². The smallest absolute Gasteiger partial charge is 0.311 e. The van der Waals surface area contributed by atoms with Crippen LogP contribution in [0, 0.1) is 0 Å². The average molecular weight is 220 g/mol. The van der Waals surface area contributed by atoms with Gasteiger partial charge in [-0.25, -0.2) is 0 Å². The number of aliphatic hydroxyl groups is 2. The van der Waals surface area contributed by atoms with Crippen molar-refractivity contribution in [2.24, 2.45) is 0 Å². The molecule has 0 aromatic rings. The Morgan fingerprint density at radius 2 is 1.80 bits per heavy atom. The van der Waals surface area contributed by atoms with E-state index in [9.17, 15) is 9.59 Å². The lowest BCUT2D eigenvalue weighted by atomic mass is 10.4. The highest BCUT2D eigenvalue weighted by Crippen LogP contribution is 1.88. The third-order valence-electron chi connectivity index (χ3n) is 1.45. The van der Waals surface area contributed by atoms with Crippen LogP contribution in [0.2, 0.25) is 0 Å². The topological polar surface area (TPSA) is 123 Å². The Hall–Kier alpha value is -1.22. The van der Waals surface area contributed by atoms with Crippen molar-refractivity contribution in [2.75, 3.05) is 20.8 Å². The van der Waals surface area contributed by atoms with E-state index in [-0.39, 0.29) is 6.67 Å². The van der Waals surface area contributed by atoms with Gasteiger partial charge >= 0.3 is 6.03 Å². The van der Waals surface area contributed by atoms with E-state index in [1.807, 2.05) is 5.32 Å². The number of amides is 2. The Balaban J connectivity index is 3.88. The maximum absolute atomic E-state index is 11.0. The zero-order valence-corrected chi connectivity index (χ0v) is 8.63. The highest BCUT2D eigenvalue weighted by molar-refractivity contribution is 5.96. The third kappa shape index (κ3) is 6.80. The second kappa shape index (κ2) is 6.30. The Morgan fingerprint density at radius 3 is 2.27 bits per heavy atom. The number of carbonyl (C=O) groups is 2. The molecule has 8 heteroatoms. The minimum absolute atomic E-state index is 0.238. The lowest BCUT2D eigenvalue weighted by Crippen LogP contribution is -2.58. The van der Waals surface area contributed by atoms with Gasteiger partial charge in [-0.05, 0) is 14.1 Å². The van der Waals surface area contributed by atoms with Crippen molar-refractivity contribution >= 4 is 11.8 Å². The van der Waals surface area contributed by atoms with Gasteiger partial charge in [0, 0.05) is 0 Å². The molecule has 0 atom stereocenters. The van der Waals surface area contributed by atoms with Crippen LogP contribution in [0.3, 0.4) is 0 Å². The summed E-state index contributed by atoms with van der Waals surface area (Å²) in [6.45, 7) is 0.238. The van der Waals surface area contributed by atoms with Crippen molar-refractivity contribution < 1.29 is 19.8 Å². The molecule has 0 spiro atoms. The van der Waals surface area contributed by atoms with Crippen molar-refractivity contribution in [1.82, 2.24) is 21.3 Å². The summed E-state index contributed by atoms with van der Waals surface area (Å²) in [7, 11) is 2.87. The summed E-state index contributed by atoms with van der Waals surface area (Å²) >= 11 is 0. The van der Waals surface area contributed by atoms with Crippen LogP contribution >= 0.6 is 0 Å². The van der Waals surface area contributed by atoms with Crippen LogP contribution < -0.4 is 21.3 Å². The molecule has 0 radical (unpaired) electrons. The van der Waals surface area contributed by atoms with E-state index in [1.165, 1.54) is 7.05 Å². The monoisotopic (exact) mass is 220 g/mol. The molecule has 0 aliphatic rings. The molecular weight excluding hydrogens is 204 g/mol. The van der Waals surface area contributed by atoms with Crippen LogP contribution in [0.4, 0.5) is 0 Å². The first kappa shape index (κ1) is 13.8. The van der Waals surface area contributed by atoms with E-state index >= 15 is 0 Å². The number of hydrogen-bond donors (Lipinski definition) is 6. The molecule has 8 nitrogen and oxygen atoms in total. The Kier molecular flexibility index (Phi) is 5.79. The third-order valence-corrected chi connectivity index (χ3v) is 1.45. The van der Waals surface area contributed by atoms with E-state index in [1.54, 1.807) is 12.4 Å². The molecule has 0 rings (SSSR count). The molecule has 0 aromatic carbocycles. The molecular formula is C7H16N4O4. The zero-order chi connectivity index (χ0) is 11.9. The lowest BCUT2D eigenvalue weighted by molar-refractivity contribution is -0.206. The van der Waals surface area contributed by atoms with Gasteiger partial charge in [0.05, 0.1) is 6.67 Å². The van der Waals surface area contributed by atoms with Crippen LogP contribution in [0.1, 0.15) is 6.42 Å². The van der Waals surface area contributed by atoms with Crippen LogP contribution in [0.15, 0.2) is 0 Å². The quantitative estimate of drug-likeness (QED) is 0.205. The fraction of sp³-hybridized carbons (Fsp3) is 0.714. The molecule has 0 saturated carbocycles. The number of carbonyl (C=O) groups excluding carboxylic acids is 2. The molecule has 0 fully saturated rings. The summed E-state index contributed by atoms with van der Waals surface area (Å²) in [5.41, 5.74) is 0. The van der Waals surface area contributed by atoms with Crippen molar-refractivity contribution in [1.29, 1.82) is 0 Å². The molecule has 0 unspecified atom stereocenters. The van der Waals surface area contributed by atoms with Gasteiger partial charge in [0.25, 0.3) is 0 Å². The molecule has 2 amide bonds. The second-order valence-corrected chi connectivity index (χ2v) is 2.78. The van der Waals surface area contributed by atoms with Gasteiger partial charge in [0.1, 0.15) is 6.42 Å². The van der Waals surface area contributed by atoms with Crippen LogP contribution in [-0.2, 0) is 9.59 Å². The summed E-state index contributed by atoms with van der Waals surface area (Å²) in [6, 6.07) is -2.50. The lowest BCUT2D eigenvalue weighted by Gasteiger charge is -2.21. The minimum Gasteiger partial charge on any atom is -0.343 e. The summed E-state index contributed by atoms with van der Waals surface area (Å²) < 4.78 is 0.